The fraction of sp³-hybridized carbons (Fsp3) is 0.150. The van der Waals surface area contributed by atoms with Crippen molar-refractivity contribution in [3.63, 3.8) is 0 Å². The molecule has 1 heterocycles. The molecule has 2 aromatic carbocycles. The second-order valence-electron chi connectivity index (χ2n) is 5.66. The van der Waals surface area contributed by atoms with Gasteiger partial charge in [-0.25, -0.2) is 0 Å². The highest BCUT2D eigenvalue weighted by atomic mass is 16.5. The standard InChI is InChI=1S/C20H16O7/c1-11(21)25-13-8-18(26-12(2)22)20-15(23)10-17(27-19(20)9-13)14-6-4-5-7-16(14)24-3/h4-10H,1-3H3. The smallest absolute Gasteiger partial charge is 0.308 e. The number of methoxy groups -OCH3 is 1. The van der Waals surface area contributed by atoms with Gasteiger partial charge in [-0.2, -0.15) is 0 Å². The summed E-state index contributed by atoms with van der Waals surface area (Å²) in [5, 5.41) is 0.0692. The number of benzene rings is 2. The first-order valence-electron chi connectivity index (χ1n) is 8.01. The molecular weight excluding hydrogens is 352 g/mol. The summed E-state index contributed by atoms with van der Waals surface area (Å²) in [5.74, 6) is -0.353. The molecule has 0 N–H and O–H groups in total. The van der Waals surface area contributed by atoms with Crippen molar-refractivity contribution in [2.24, 2.45) is 0 Å². The summed E-state index contributed by atoms with van der Waals surface area (Å²) in [6.07, 6.45) is 0. The van der Waals surface area contributed by atoms with E-state index in [-0.39, 0.29) is 28.2 Å². The third-order valence-corrected chi connectivity index (χ3v) is 3.66. The highest BCUT2D eigenvalue weighted by Crippen LogP contribution is 2.34. The van der Waals surface area contributed by atoms with E-state index >= 15 is 0 Å². The number of rotatable bonds is 4. The minimum absolute atomic E-state index is 0.0448. The van der Waals surface area contributed by atoms with Gasteiger partial charge in [0.15, 0.2) is 5.43 Å². The third-order valence-electron chi connectivity index (χ3n) is 3.66. The number of para-hydroxylation sites is 1. The highest BCUT2D eigenvalue weighted by molar-refractivity contribution is 5.89. The van der Waals surface area contributed by atoms with E-state index in [0.717, 1.165) is 0 Å². The van der Waals surface area contributed by atoms with E-state index in [2.05, 4.69) is 0 Å². The molecule has 0 aliphatic heterocycles. The van der Waals surface area contributed by atoms with Gasteiger partial charge in [0.1, 0.15) is 34.0 Å². The molecule has 7 heteroatoms. The van der Waals surface area contributed by atoms with E-state index in [9.17, 15) is 14.4 Å². The van der Waals surface area contributed by atoms with Crippen molar-refractivity contribution in [1.82, 2.24) is 0 Å². The van der Waals surface area contributed by atoms with Gasteiger partial charge in [-0.3, -0.25) is 14.4 Å². The highest BCUT2D eigenvalue weighted by Gasteiger charge is 2.17. The maximum atomic E-state index is 12.7. The van der Waals surface area contributed by atoms with E-state index in [4.69, 9.17) is 18.6 Å². The van der Waals surface area contributed by atoms with E-state index in [1.807, 2.05) is 0 Å². The molecule has 0 saturated heterocycles. The van der Waals surface area contributed by atoms with Crippen molar-refractivity contribution in [1.29, 1.82) is 0 Å². The van der Waals surface area contributed by atoms with Crippen LogP contribution in [0, 0.1) is 0 Å². The predicted molar refractivity (Wildman–Crippen MR) is 97.1 cm³/mol. The molecule has 0 aliphatic rings. The molecule has 0 fully saturated rings. The number of carbonyl (C=O) groups is 2. The second-order valence-corrected chi connectivity index (χ2v) is 5.66. The van der Waals surface area contributed by atoms with Crippen LogP contribution >= 0.6 is 0 Å². The molecule has 0 aliphatic carbocycles. The quantitative estimate of drug-likeness (QED) is 0.515. The normalized spacial score (nSPS) is 10.5. The third kappa shape index (κ3) is 3.82. The molecule has 138 valence electrons. The van der Waals surface area contributed by atoms with Gasteiger partial charge in [0, 0.05) is 32.0 Å². The van der Waals surface area contributed by atoms with E-state index < -0.39 is 17.4 Å². The van der Waals surface area contributed by atoms with E-state index in [1.54, 1.807) is 24.3 Å². The Hall–Kier alpha value is -3.61. The van der Waals surface area contributed by atoms with Crippen molar-refractivity contribution in [3.8, 4) is 28.6 Å². The fourth-order valence-corrected chi connectivity index (χ4v) is 2.67. The van der Waals surface area contributed by atoms with Gasteiger partial charge in [0.25, 0.3) is 0 Å². The molecule has 0 atom stereocenters. The van der Waals surface area contributed by atoms with E-state index in [0.29, 0.717) is 11.3 Å². The fourth-order valence-electron chi connectivity index (χ4n) is 2.67. The Kier molecular flexibility index (Phi) is 4.94. The van der Waals surface area contributed by atoms with Crippen LogP contribution in [0.3, 0.4) is 0 Å². The Morgan fingerprint density at radius 1 is 0.926 bits per heavy atom. The Balaban J connectivity index is 2.28. The summed E-state index contributed by atoms with van der Waals surface area (Å²) >= 11 is 0. The van der Waals surface area contributed by atoms with E-state index in [1.165, 1.54) is 39.2 Å². The van der Waals surface area contributed by atoms with Gasteiger partial charge in [0.2, 0.25) is 0 Å². The molecule has 3 aromatic rings. The summed E-state index contributed by atoms with van der Waals surface area (Å²) in [4.78, 5) is 35.4. The van der Waals surface area contributed by atoms with Crippen LogP contribution in [0.2, 0.25) is 0 Å². The predicted octanol–water partition coefficient (Wildman–Crippen LogP) is 3.32. The number of hydrogen-bond acceptors (Lipinski definition) is 7. The minimum Gasteiger partial charge on any atom is -0.496 e. The van der Waals surface area contributed by atoms with Gasteiger partial charge < -0.3 is 18.6 Å². The van der Waals surface area contributed by atoms with Gasteiger partial charge in [-0.1, -0.05) is 12.1 Å². The van der Waals surface area contributed by atoms with Crippen molar-refractivity contribution >= 4 is 22.9 Å². The van der Waals surface area contributed by atoms with Crippen LogP contribution in [0.4, 0.5) is 0 Å². The number of ether oxygens (including phenoxy) is 3. The number of esters is 2. The van der Waals surface area contributed by atoms with Crippen molar-refractivity contribution < 1.29 is 28.2 Å². The summed E-state index contributed by atoms with van der Waals surface area (Å²) in [6, 6.07) is 11.0. The lowest BCUT2D eigenvalue weighted by atomic mass is 10.1. The zero-order chi connectivity index (χ0) is 19.6. The monoisotopic (exact) mass is 368 g/mol. The van der Waals surface area contributed by atoms with Crippen LogP contribution in [0.25, 0.3) is 22.3 Å². The van der Waals surface area contributed by atoms with Crippen LogP contribution in [0.5, 0.6) is 17.2 Å². The van der Waals surface area contributed by atoms with Crippen LogP contribution in [-0.2, 0) is 9.59 Å². The average Bonchev–Trinajstić information content (AvgIpc) is 2.59. The van der Waals surface area contributed by atoms with Gasteiger partial charge >= 0.3 is 11.9 Å². The van der Waals surface area contributed by atoms with Crippen LogP contribution in [-0.4, -0.2) is 19.0 Å². The van der Waals surface area contributed by atoms with Crippen LogP contribution < -0.4 is 19.6 Å². The average molecular weight is 368 g/mol. The van der Waals surface area contributed by atoms with Crippen LogP contribution in [0.15, 0.2) is 51.7 Å². The van der Waals surface area contributed by atoms with Gasteiger partial charge in [-0.15, -0.1) is 0 Å². The first kappa shape index (κ1) is 18.2. The van der Waals surface area contributed by atoms with Gasteiger partial charge in [-0.05, 0) is 12.1 Å². The van der Waals surface area contributed by atoms with Crippen molar-refractivity contribution in [2.75, 3.05) is 7.11 Å². The molecule has 1 aromatic heterocycles. The molecule has 0 bridgehead atoms. The Morgan fingerprint density at radius 2 is 1.63 bits per heavy atom. The lowest BCUT2D eigenvalue weighted by molar-refractivity contribution is -0.132. The lowest BCUT2D eigenvalue weighted by Crippen LogP contribution is -2.09. The molecule has 27 heavy (non-hydrogen) atoms. The Bertz CT molecular complexity index is 1100. The molecule has 0 unspecified atom stereocenters. The molecular formula is C20H16O7. The molecule has 0 spiro atoms. The van der Waals surface area contributed by atoms with Gasteiger partial charge in [0.05, 0.1) is 12.7 Å². The number of fused-ring (bicyclic) bond motifs is 1. The zero-order valence-electron chi connectivity index (χ0n) is 14.9. The molecule has 0 saturated carbocycles. The summed E-state index contributed by atoms with van der Waals surface area (Å²) < 4.78 is 21.3. The topological polar surface area (TPSA) is 92.0 Å². The van der Waals surface area contributed by atoms with Crippen molar-refractivity contribution in [2.45, 2.75) is 13.8 Å². The largest absolute Gasteiger partial charge is 0.496 e. The Morgan fingerprint density at radius 3 is 2.30 bits per heavy atom. The second kappa shape index (κ2) is 7.33. The number of carbonyl (C=O) groups excluding carboxylic acids is 2. The summed E-state index contributed by atoms with van der Waals surface area (Å²) in [5.41, 5.74) is 0.270. The number of hydrogen-bond donors (Lipinski definition) is 0. The first-order chi connectivity index (χ1) is 12.9. The SMILES string of the molecule is COc1ccccc1-c1cc(=O)c2c(OC(C)=O)cc(OC(C)=O)cc2o1. The minimum atomic E-state index is -0.621. The molecule has 3 rings (SSSR count). The molecule has 0 radical (unpaired) electrons. The summed E-state index contributed by atoms with van der Waals surface area (Å²) in [7, 11) is 1.51. The maximum absolute atomic E-state index is 12.7. The maximum Gasteiger partial charge on any atom is 0.308 e. The molecule has 7 nitrogen and oxygen atoms in total. The van der Waals surface area contributed by atoms with Crippen molar-refractivity contribution in [3.05, 3.63) is 52.7 Å². The molecule has 0 amide bonds. The first-order valence-corrected chi connectivity index (χ1v) is 8.01. The zero-order valence-corrected chi connectivity index (χ0v) is 14.9. The lowest BCUT2D eigenvalue weighted by Gasteiger charge is -2.11. The van der Waals surface area contributed by atoms with Crippen LogP contribution in [0.1, 0.15) is 13.8 Å². The Labute approximate surface area is 154 Å². The summed E-state index contributed by atoms with van der Waals surface area (Å²) in [6.45, 7) is 2.44.